The molecule has 0 fully saturated rings. The largest absolute Gasteiger partial charge is 0.756 e. The van der Waals surface area contributed by atoms with Crippen LogP contribution in [-0.2, 0) is 32.7 Å². The number of ether oxygens (including phenoxy) is 2. The summed E-state index contributed by atoms with van der Waals surface area (Å²) in [5.41, 5.74) is 0. The Morgan fingerprint density at radius 3 is 1.02 bits per heavy atom. The summed E-state index contributed by atoms with van der Waals surface area (Å²) in [6.07, 6.45) is 88.7. The van der Waals surface area contributed by atoms with Crippen molar-refractivity contribution in [2.75, 3.05) is 47.5 Å². The van der Waals surface area contributed by atoms with Crippen molar-refractivity contribution < 1.29 is 42.1 Å². The van der Waals surface area contributed by atoms with Crippen LogP contribution in [-0.4, -0.2) is 70.0 Å². The first-order valence-corrected chi connectivity index (χ1v) is 35.6. The fourth-order valence-electron chi connectivity index (χ4n) is 9.36. The Kier molecular flexibility index (Phi) is 60.6. The summed E-state index contributed by atoms with van der Waals surface area (Å²) < 4.78 is 34.3. The van der Waals surface area contributed by atoms with Gasteiger partial charge in [0.1, 0.15) is 19.8 Å². The van der Waals surface area contributed by atoms with Crippen LogP contribution in [0.1, 0.15) is 290 Å². The SMILES string of the molecule is CC/C=C\C/C=C\C/C=C\C/C=C\C/C=C\C/C=C\C/C=C\C/C=C\C/C=C\CCCCCCCCCCCCCC(=O)OC(COC(=O)CCCCCCCCCCCCCCCCCCCCCC)COP(=O)([O-])OCC[N+](C)(C)C. The molecule has 0 saturated heterocycles. The minimum absolute atomic E-state index is 0.0337. The van der Waals surface area contributed by atoms with Gasteiger partial charge in [-0.3, -0.25) is 14.2 Å². The highest BCUT2D eigenvalue weighted by Crippen LogP contribution is 2.38. The number of nitrogens with zero attached hydrogens (tertiary/aromatic N) is 1. The number of likely N-dealkylation sites (N-methyl/N-ethyl adjacent to an activating group) is 1. The molecule has 0 aromatic rings. The molecule has 9 nitrogen and oxygen atoms in total. The molecule has 83 heavy (non-hydrogen) atoms. The third-order valence-corrected chi connectivity index (χ3v) is 15.5. The maximum Gasteiger partial charge on any atom is 0.306 e. The maximum absolute atomic E-state index is 12.8. The van der Waals surface area contributed by atoms with E-state index in [4.69, 9.17) is 18.5 Å². The van der Waals surface area contributed by atoms with Crippen LogP contribution in [0.25, 0.3) is 0 Å². The summed E-state index contributed by atoms with van der Waals surface area (Å²) in [5.74, 6) is -0.830. The zero-order chi connectivity index (χ0) is 60.5. The average molecular weight is 1180 g/mol. The topological polar surface area (TPSA) is 111 Å². The van der Waals surface area contributed by atoms with Crippen LogP contribution in [0.15, 0.2) is 109 Å². The summed E-state index contributed by atoms with van der Waals surface area (Å²) in [7, 11) is 1.16. The van der Waals surface area contributed by atoms with E-state index in [0.717, 1.165) is 103 Å². The Morgan fingerprint density at radius 1 is 0.386 bits per heavy atom. The van der Waals surface area contributed by atoms with Crippen LogP contribution < -0.4 is 4.89 Å². The van der Waals surface area contributed by atoms with Gasteiger partial charge in [-0.1, -0.05) is 303 Å². The number of hydrogen-bond donors (Lipinski definition) is 0. The zero-order valence-electron chi connectivity index (χ0n) is 54.4. The highest BCUT2D eigenvalue weighted by atomic mass is 31.2. The first kappa shape index (κ1) is 79.7. The van der Waals surface area contributed by atoms with Crippen molar-refractivity contribution in [3.63, 3.8) is 0 Å². The molecular weight excluding hydrogens is 1050 g/mol. The van der Waals surface area contributed by atoms with Gasteiger partial charge in [-0.15, -0.1) is 0 Å². The van der Waals surface area contributed by atoms with Gasteiger partial charge in [-0.25, -0.2) is 0 Å². The van der Waals surface area contributed by atoms with Crippen LogP contribution in [0, 0.1) is 0 Å². The Balaban J connectivity index is 4.07. The number of phosphoric ester groups is 1. The van der Waals surface area contributed by atoms with Crippen molar-refractivity contribution in [3.05, 3.63) is 109 Å². The number of rotatable bonds is 62. The molecular formula is C73H128NO8P. The maximum atomic E-state index is 12.8. The molecule has 0 aliphatic rings. The Bertz CT molecular complexity index is 1770. The number of unbranched alkanes of at least 4 members (excludes halogenated alkanes) is 30. The molecule has 10 heteroatoms. The van der Waals surface area contributed by atoms with Gasteiger partial charge in [0, 0.05) is 12.8 Å². The Morgan fingerprint density at radius 2 is 0.687 bits per heavy atom. The van der Waals surface area contributed by atoms with Crippen LogP contribution in [0.4, 0.5) is 0 Å². The first-order valence-electron chi connectivity index (χ1n) is 34.1. The minimum Gasteiger partial charge on any atom is -0.756 e. The van der Waals surface area contributed by atoms with E-state index in [1.54, 1.807) is 0 Å². The molecule has 0 amide bonds. The van der Waals surface area contributed by atoms with Crippen molar-refractivity contribution in [2.45, 2.75) is 296 Å². The van der Waals surface area contributed by atoms with Crippen molar-refractivity contribution in [1.29, 1.82) is 0 Å². The second-order valence-electron chi connectivity index (χ2n) is 23.8. The molecule has 0 aliphatic carbocycles. The van der Waals surface area contributed by atoms with E-state index >= 15 is 0 Å². The highest BCUT2D eigenvalue weighted by molar-refractivity contribution is 7.45. The van der Waals surface area contributed by atoms with E-state index in [0.29, 0.717) is 17.4 Å². The van der Waals surface area contributed by atoms with E-state index < -0.39 is 26.5 Å². The van der Waals surface area contributed by atoms with Crippen molar-refractivity contribution >= 4 is 19.8 Å². The molecule has 0 spiro atoms. The molecule has 0 aliphatic heterocycles. The van der Waals surface area contributed by atoms with Gasteiger partial charge < -0.3 is 27.9 Å². The van der Waals surface area contributed by atoms with Gasteiger partial charge in [0.2, 0.25) is 0 Å². The van der Waals surface area contributed by atoms with Gasteiger partial charge in [-0.05, 0) is 83.5 Å². The summed E-state index contributed by atoms with van der Waals surface area (Å²) in [6, 6.07) is 0. The smallest absolute Gasteiger partial charge is 0.306 e. The van der Waals surface area contributed by atoms with Crippen LogP contribution in [0.2, 0.25) is 0 Å². The van der Waals surface area contributed by atoms with Gasteiger partial charge in [0.25, 0.3) is 7.82 Å². The van der Waals surface area contributed by atoms with E-state index in [1.807, 2.05) is 21.1 Å². The average Bonchev–Trinajstić information content (AvgIpc) is 3.48. The third kappa shape index (κ3) is 67.7. The fourth-order valence-corrected chi connectivity index (χ4v) is 10.1. The number of quaternary nitrogens is 1. The fraction of sp³-hybridized carbons (Fsp3) is 0.726. The Labute approximate surface area is 512 Å². The second-order valence-corrected chi connectivity index (χ2v) is 25.2. The molecule has 478 valence electrons. The summed E-state index contributed by atoms with van der Waals surface area (Å²) in [4.78, 5) is 38.0. The monoisotopic (exact) mass is 1180 g/mol. The number of carbonyl (C=O) groups excluding carboxylic acids is 2. The molecule has 0 aromatic carbocycles. The molecule has 0 rings (SSSR count). The molecule has 0 heterocycles. The quantitative estimate of drug-likeness (QED) is 0.0195. The van der Waals surface area contributed by atoms with E-state index in [1.165, 1.54) is 154 Å². The normalized spacial score (nSPS) is 13.9. The Hall–Kier alpha value is -3.33. The molecule has 0 N–H and O–H groups in total. The first-order chi connectivity index (χ1) is 40.5. The lowest BCUT2D eigenvalue weighted by molar-refractivity contribution is -0.870. The van der Waals surface area contributed by atoms with Crippen molar-refractivity contribution in [1.82, 2.24) is 0 Å². The predicted molar refractivity (Wildman–Crippen MR) is 355 cm³/mol. The standard InChI is InChI=1S/C73H128NO8P/c1-6-8-10-12-14-16-18-20-22-24-26-28-29-30-31-32-33-34-35-36-37-38-39-40-41-42-43-44-45-46-48-50-52-54-56-58-60-62-64-66-73(76)82-71(70-81-83(77,78)80-68-67-74(3,4)5)69-79-72(75)65-63-61-59-57-55-53-51-49-47-27-25-23-21-19-17-15-13-11-9-7-2/h8,10,14,16,20,22,26,28,30-31,33-34,36-37,39-40,42-43,71H,6-7,9,11-13,15,17-19,21,23-25,27,29,32,35,38,41,44-70H2,1-5H3/b10-8-,16-14-,22-20-,28-26-,31-30-,34-33-,37-36-,40-39-,43-42-. The van der Waals surface area contributed by atoms with Gasteiger partial charge in [0.05, 0.1) is 27.7 Å². The summed E-state index contributed by atoms with van der Waals surface area (Å²) in [6.45, 7) is 4.15. The third-order valence-electron chi connectivity index (χ3n) is 14.6. The number of phosphoric acid groups is 1. The molecule has 0 radical (unpaired) electrons. The van der Waals surface area contributed by atoms with E-state index in [-0.39, 0.29) is 32.0 Å². The van der Waals surface area contributed by atoms with Crippen molar-refractivity contribution in [3.8, 4) is 0 Å². The van der Waals surface area contributed by atoms with Gasteiger partial charge >= 0.3 is 11.9 Å². The molecule has 0 aromatic heterocycles. The molecule has 2 unspecified atom stereocenters. The molecule has 0 saturated carbocycles. The highest BCUT2D eigenvalue weighted by Gasteiger charge is 2.22. The number of allylic oxidation sites excluding steroid dienone is 18. The number of hydrogen-bond acceptors (Lipinski definition) is 8. The van der Waals surface area contributed by atoms with Gasteiger partial charge in [0.15, 0.2) is 6.10 Å². The predicted octanol–water partition coefficient (Wildman–Crippen LogP) is 21.5. The lowest BCUT2D eigenvalue weighted by Gasteiger charge is -2.28. The molecule has 2 atom stereocenters. The number of carbonyl (C=O) groups is 2. The lowest BCUT2D eigenvalue weighted by Crippen LogP contribution is -2.37. The van der Waals surface area contributed by atoms with Crippen LogP contribution >= 0.6 is 7.82 Å². The minimum atomic E-state index is -4.64. The van der Waals surface area contributed by atoms with E-state index in [9.17, 15) is 19.0 Å². The number of esters is 2. The lowest BCUT2D eigenvalue weighted by atomic mass is 10.0. The van der Waals surface area contributed by atoms with Crippen LogP contribution in [0.5, 0.6) is 0 Å². The van der Waals surface area contributed by atoms with Crippen LogP contribution in [0.3, 0.4) is 0 Å². The zero-order valence-corrected chi connectivity index (χ0v) is 55.3. The van der Waals surface area contributed by atoms with Crippen molar-refractivity contribution in [2.24, 2.45) is 0 Å². The second kappa shape index (κ2) is 63.2. The van der Waals surface area contributed by atoms with Gasteiger partial charge in [-0.2, -0.15) is 0 Å². The summed E-state index contributed by atoms with van der Waals surface area (Å²) >= 11 is 0. The molecule has 0 bridgehead atoms. The van der Waals surface area contributed by atoms with E-state index in [2.05, 4.69) is 123 Å². The summed E-state index contributed by atoms with van der Waals surface area (Å²) in [5, 5.41) is 0.